The zero-order chi connectivity index (χ0) is 12.1. The van der Waals surface area contributed by atoms with Crippen molar-refractivity contribution in [3.8, 4) is 0 Å². The summed E-state index contributed by atoms with van der Waals surface area (Å²) in [5, 5.41) is 0. The van der Waals surface area contributed by atoms with Crippen molar-refractivity contribution >= 4 is 0 Å². The number of rotatable bonds is 4. The molecule has 17 heavy (non-hydrogen) atoms. The van der Waals surface area contributed by atoms with Crippen LogP contribution in [0.5, 0.6) is 0 Å². The van der Waals surface area contributed by atoms with E-state index < -0.39 is 0 Å². The van der Waals surface area contributed by atoms with Gasteiger partial charge in [-0.1, -0.05) is 35.9 Å². The Balaban J connectivity index is 1.75. The topological polar surface area (TPSA) is 0 Å². The van der Waals surface area contributed by atoms with Gasteiger partial charge in [-0.3, -0.25) is 0 Å². The van der Waals surface area contributed by atoms with Crippen molar-refractivity contribution in [2.24, 2.45) is 11.8 Å². The van der Waals surface area contributed by atoms with Gasteiger partial charge in [-0.15, -0.1) is 6.58 Å². The van der Waals surface area contributed by atoms with E-state index in [1.54, 1.807) is 0 Å². The van der Waals surface area contributed by atoms with E-state index in [-0.39, 0.29) is 0 Å². The van der Waals surface area contributed by atoms with Crippen LogP contribution in [-0.2, 0) is 6.42 Å². The lowest BCUT2D eigenvalue weighted by Crippen LogP contribution is -2.13. The predicted octanol–water partition coefficient (Wildman–Crippen LogP) is 4.92. The van der Waals surface area contributed by atoms with Gasteiger partial charge in [0.05, 0.1) is 0 Å². The average Bonchev–Trinajstić information content (AvgIpc) is 2.39. The summed E-state index contributed by atoms with van der Waals surface area (Å²) in [6.07, 6.45) is 10.3. The molecule has 1 saturated carbocycles. The van der Waals surface area contributed by atoms with Gasteiger partial charge in [0.1, 0.15) is 0 Å². The molecule has 0 aromatic heterocycles. The largest absolute Gasteiger partial charge is 0.103 e. The van der Waals surface area contributed by atoms with E-state index in [0.29, 0.717) is 0 Å². The van der Waals surface area contributed by atoms with E-state index in [2.05, 4.69) is 43.8 Å². The zero-order valence-corrected chi connectivity index (χ0v) is 11.0. The number of hydrogen-bond donors (Lipinski definition) is 0. The minimum absolute atomic E-state index is 0.797. The van der Waals surface area contributed by atoms with E-state index in [0.717, 1.165) is 11.8 Å². The van der Waals surface area contributed by atoms with Gasteiger partial charge in [-0.25, -0.2) is 0 Å². The molecule has 0 spiro atoms. The summed E-state index contributed by atoms with van der Waals surface area (Å²) in [6.45, 7) is 6.06. The predicted molar refractivity (Wildman–Crippen MR) is 75.1 cm³/mol. The van der Waals surface area contributed by atoms with Crippen molar-refractivity contribution in [1.29, 1.82) is 0 Å². The second-order valence-electron chi connectivity index (χ2n) is 5.54. The monoisotopic (exact) mass is 228 g/mol. The molecule has 0 bridgehead atoms. The van der Waals surface area contributed by atoms with Crippen LogP contribution in [0.15, 0.2) is 36.9 Å². The van der Waals surface area contributed by atoms with Crippen molar-refractivity contribution < 1.29 is 0 Å². The molecule has 0 unspecified atom stereocenters. The fraction of sp³-hybridized carbons (Fsp3) is 0.529. The average molecular weight is 228 g/mol. The Morgan fingerprint density at radius 3 is 2.35 bits per heavy atom. The van der Waals surface area contributed by atoms with E-state index in [9.17, 15) is 0 Å². The molecular weight excluding hydrogens is 204 g/mol. The number of allylic oxidation sites excluding steroid dienone is 1. The lowest BCUT2D eigenvalue weighted by Gasteiger charge is -2.26. The normalized spacial score (nSPS) is 24.5. The Hall–Kier alpha value is -1.04. The van der Waals surface area contributed by atoms with E-state index in [1.165, 1.54) is 49.7 Å². The molecule has 0 amide bonds. The summed E-state index contributed by atoms with van der Waals surface area (Å²) in [5.74, 6) is 1.75. The molecule has 0 saturated heterocycles. The van der Waals surface area contributed by atoms with Crippen molar-refractivity contribution in [1.82, 2.24) is 0 Å². The van der Waals surface area contributed by atoms with Crippen molar-refractivity contribution in [3.05, 3.63) is 48.0 Å². The number of benzene rings is 1. The van der Waals surface area contributed by atoms with Crippen LogP contribution in [-0.4, -0.2) is 0 Å². The summed E-state index contributed by atoms with van der Waals surface area (Å²) in [5.41, 5.74) is 2.86. The van der Waals surface area contributed by atoms with Gasteiger partial charge < -0.3 is 0 Å². The van der Waals surface area contributed by atoms with Gasteiger partial charge in [-0.2, -0.15) is 0 Å². The molecule has 1 aliphatic rings. The molecular formula is C17H24. The maximum atomic E-state index is 3.91. The standard InChI is InChI=1S/C17H24/c1-3-15-8-10-17(11-9-15)13-12-16-6-4-14(2)5-7-16/h3-7,15,17H,1,8-13H2,2H3. The lowest BCUT2D eigenvalue weighted by atomic mass is 9.79. The third kappa shape index (κ3) is 3.73. The molecule has 1 aromatic carbocycles. The van der Waals surface area contributed by atoms with Crippen molar-refractivity contribution in [3.63, 3.8) is 0 Å². The van der Waals surface area contributed by atoms with Crippen LogP contribution in [0.1, 0.15) is 43.2 Å². The first-order chi connectivity index (χ1) is 8.28. The number of hydrogen-bond acceptors (Lipinski definition) is 0. The molecule has 0 nitrogen and oxygen atoms in total. The van der Waals surface area contributed by atoms with Crippen LogP contribution in [0.25, 0.3) is 0 Å². The molecule has 0 aliphatic heterocycles. The molecule has 2 rings (SSSR count). The molecule has 92 valence electrons. The minimum atomic E-state index is 0.797. The summed E-state index contributed by atoms with van der Waals surface area (Å²) in [7, 11) is 0. The molecule has 0 atom stereocenters. The van der Waals surface area contributed by atoms with E-state index in [1.807, 2.05) is 0 Å². The van der Waals surface area contributed by atoms with Crippen LogP contribution in [0.2, 0.25) is 0 Å². The highest BCUT2D eigenvalue weighted by Crippen LogP contribution is 2.31. The second-order valence-corrected chi connectivity index (χ2v) is 5.54. The number of aryl methyl sites for hydroxylation is 2. The van der Waals surface area contributed by atoms with Crippen LogP contribution < -0.4 is 0 Å². The maximum Gasteiger partial charge on any atom is -0.0236 e. The third-order valence-electron chi connectivity index (χ3n) is 4.19. The summed E-state index contributed by atoms with van der Waals surface area (Å²) < 4.78 is 0. The summed E-state index contributed by atoms with van der Waals surface area (Å²) in [6, 6.07) is 9.02. The second kappa shape index (κ2) is 6.05. The highest BCUT2D eigenvalue weighted by Gasteiger charge is 2.18. The van der Waals surface area contributed by atoms with Crippen molar-refractivity contribution in [2.75, 3.05) is 0 Å². The Morgan fingerprint density at radius 2 is 1.76 bits per heavy atom. The molecule has 0 radical (unpaired) electrons. The molecule has 0 N–H and O–H groups in total. The SMILES string of the molecule is C=CC1CCC(CCc2ccc(C)cc2)CC1. The van der Waals surface area contributed by atoms with Gasteiger partial charge in [0.2, 0.25) is 0 Å². The Bertz CT molecular complexity index is 339. The third-order valence-corrected chi connectivity index (χ3v) is 4.19. The Kier molecular flexibility index (Phi) is 4.42. The summed E-state index contributed by atoms with van der Waals surface area (Å²) >= 11 is 0. The first-order valence-corrected chi connectivity index (χ1v) is 6.96. The van der Waals surface area contributed by atoms with Crippen molar-refractivity contribution in [2.45, 2.75) is 45.4 Å². The highest BCUT2D eigenvalue weighted by atomic mass is 14.2. The fourth-order valence-electron chi connectivity index (χ4n) is 2.84. The van der Waals surface area contributed by atoms with Crippen LogP contribution in [0, 0.1) is 18.8 Å². The summed E-state index contributed by atoms with van der Waals surface area (Å²) in [4.78, 5) is 0. The fourth-order valence-corrected chi connectivity index (χ4v) is 2.84. The molecule has 1 fully saturated rings. The Morgan fingerprint density at radius 1 is 1.12 bits per heavy atom. The van der Waals surface area contributed by atoms with Gasteiger partial charge in [-0.05, 0) is 62.8 Å². The maximum absolute atomic E-state index is 3.91. The van der Waals surface area contributed by atoms with Gasteiger partial charge in [0.15, 0.2) is 0 Å². The van der Waals surface area contributed by atoms with Crippen LogP contribution in [0.4, 0.5) is 0 Å². The van der Waals surface area contributed by atoms with E-state index >= 15 is 0 Å². The van der Waals surface area contributed by atoms with Crippen LogP contribution >= 0.6 is 0 Å². The molecule has 0 heteroatoms. The minimum Gasteiger partial charge on any atom is -0.103 e. The lowest BCUT2D eigenvalue weighted by molar-refractivity contribution is 0.296. The van der Waals surface area contributed by atoms with E-state index in [4.69, 9.17) is 0 Å². The molecule has 0 heterocycles. The smallest absolute Gasteiger partial charge is 0.0236 e. The Labute approximate surface area is 106 Å². The zero-order valence-electron chi connectivity index (χ0n) is 11.0. The van der Waals surface area contributed by atoms with Gasteiger partial charge in [0.25, 0.3) is 0 Å². The van der Waals surface area contributed by atoms with Gasteiger partial charge >= 0.3 is 0 Å². The quantitative estimate of drug-likeness (QED) is 0.642. The molecule has 1 aromatic rings. The molecule has 1 aliphatic carbocycles. The highest BCUT2D eigenvalue weighted by molar-refractivity contribution is 5.21. The van der Waals surface area contributed by atoms with Crippen LogP contribution in [0.3, 0.4) is 0 Å². The first kappa shape index (κ1) is 12.4. The van der Waals surface area contributed by atoms with Gasteiger partial charge in [0, 0.05) is 0 Å². The first-order valence-electron chi connectivity index (χ1n) is 6.96.